The third-order valence-corrected chi connectivity index (χ3v) is 6.89. The quantitative estimate of drug-likeness (QED) is 0.541. The number of fused-ring (bicyclic) bond motifs is 1. The number of aromatic nitrogens is 1. The van der Waals surface area contributed by atoms with E-state index in [-0.39, 0.29) is 5.91 Å². The van der Waals surface area contributed by atoms with Crippen molar-refractivity contribution in [2.45, 2.75) is 20.3 Å². The van der Waals surface area contributed by atoms with E-state index in [0.29, 0.717) is 17.1 Å². The lowest BCUT2D eigenvalue weighted by Gasteiger charge is -2.27. The second-order valence-corrected chi connectivity index (χ2v) is 9.06. The van der Waals surface area contributed by atoms with Crippen LogP contribution >= 0.6 is 22.9 Å². The van der Waals surface area contributed by atoms with Crippen molar-refractivity contribution in [1.82, 2.24) is 9.88 Å². The molecule has 30 heavy (non-hydrogen) atoms. The molecule has 7 heteroatoms. The standard InChI is InChI=1S/C23H26ClN3O2S/c1-16-7-8-17(2)21-20(16)25-23(30-21)27(10-4-9-26-11-13-29-14-12-26)22(28)18-5-3-6-19(24)15-18/h3,5-8,15H,4,9-14H2,1-2H3. The molecule has 3 aromatic rings. The molecule has 1 fully saturated rings. The summed E-state index contributed by atoms with van der Waals surface area (Å²) in [5, 5.41) is 1.31. The van der Waals surface area contributed by atoms with Gasteiger partial charge < -0.3 is 4.74 Å². The lowest BCUT2D eigenvalue weighted by atomic mass is 10.1. The fourth-order valence-corrected chi connectivity index (χ4v) is 5.03. The van der Waals surface area contributed by atoms with Gasteiger partial charge in [0.15, 0.2) is 5.13 Å². The van der Waals surface area contributed by atoms with Crippen molar-refractivity contribution in [3.63, 3.8) is 0 Å². The molecule has 1 aliphatic rings. The maximum atomic E-state index is 13.4. The Morgan fingerprint density at radius 1 is 1.20 bits per heavy atom. The first-order chi connectivity index (χ1) is 14.5. The molecule has 0 atom stereocenters. The number of ether oxygens (including phenoxy) is 1. The molecule has 0 saturated carbocycles. The number of amides is 1. The number of rotatable bonds is 6. The molecule has 1 aliphatic heterocycles. The van der Waals surface area contributed by atoms with E-state index in [0.717, 1.165) is 60.2 Å². The lowest BCUT2D eigenvalue weighted by Crippen LogP contribution is -2.39. The number of thiazole rings is 1. The summed E-state index contributed by atoms with van der Waals surface area (Å²) in [6.07, 6.45) is 0.875. The molecule has 1 saturated heterocycles. The van der Waals surface area contributed by atoms with E-state index >= 15 is 0 Å². The number of anilines is 1. The Bertz CT molecular complexity index is 1010. The number of carbonyl (C=O) groups excluding carboxylic acids is 1. The van der Waals surface area contributed by atoms with Gasteiger partial charge in [0.1, 0.15) is 0 Å². The van der Waals surface area contributed by atoms with Crippen LogP contribution in [0.15, 0.2) is 36.4 Å². The van der Waals surface area contributed by atoms with Gasteiger partial charge in [-0.25, -0.2) is 4.98 Å². The lowest BCUT2D eigenvalue weighted by molar-refractivity contribution is 0.0376. The number of benzene rings is 2. The number of halogens is 1. The molecule has 0 N–H and O–H groups in total. The topological polar surface area (TPSA) is 45.7 Å². The Hall–Kier alpha value is -1.99. The Balaban J connectivity index is 1.61. The van der Waals surface area contributed by atoms with E-state index in [1.54, 1.807) is 23.5 Å². The average molecular weight is 444 g/mol. The molecule has 5 nitrogen and oxygen atoms in total. The van der Waals surface area contributed by atoms with Crippen LogP contribution in [-0.4, -0.2) is 55.2 Å². The highest BCUT2D eigenvalue weighted by Gasteiger charge is 2.23. The maximum Gasteiger partial charge on any atom is 0.260 e. The minimum Gasteiger partial charge on any atom is -0.379 e. The zero-order chi connectivity index (χ0) is 21.1. The van der Waals surface area contributed by atoms with Gasteiger partial charge in [-0.1, -0.05) is 41.1 Å². The third-order valence-electron chi connectivity index (χ3n) is 5.44. The smallest absolute Gasteiger partial charge is 0.260 e. The second kappa shape index (κ2) is 9.43. The van der Waals surface area contributed by atoms with Crippen LogP contribution in [0.25, 0.3) is 10.2 Å². The summed E-state index contributed by atoms with van der Waals surface area (Å²) in [4.78, 5) is 22.5. The molecule has 0 unspecified atom stereocenters. The van der Waals surface area contributed by atoms with Crippen molar-refractivity contribution in [3.8, 4) is 0 Å². The maximum absolute atomic E-state index is 13.4. The zero-order valence-electron chi connectivity index (χ0n) is 17.4. The summed E-state index contributed by atoms with van der Waals surface area (Å²) < 4.78 is 6.57. The summed E-state index contributed by atoms with van der Waals surface area (Å²) in [5.41, 5.74) is 3.87. The number of hydrogen-bond donors (Lipinski definition) is 0. The van der Waals surface area contributed by atoms with E-state index in [4.69, 9.17) is 21.3 Å². The highest BCUT2D eigenvalue weighted by atomic mass is 35.5. The van der Waals surface area contributed by atoms with E-state index in [1.165, 1.54) is 5.56 Å². The SMILES string of the molecule is Cc1ccc(C)c2sc(N(CCCN3CCOCC3)C(=O)c3cccc(Cl)c3)nc12. The first-order valence-electron chi connectivity index (χ1n) is 10.3. The largest absolute Gasteiger partial charge is 0.379 e. The van der Waals surface area contributed by atoms with Crippen LogP contribution in [0, 0.1) is 13.8 Å². The zero-order valence-corrected chi connectivity index (χ0v) is 18.9. The van der Waals surface area contributed by atoms with Gasteiger partial charge in [0.2, 0.25) is 0 Å². The Kier molecular flexibility index (Phi) is 6.68. The molecule has 1 aromatic heterocycles. The molecule has 0 aliphatic carbocycles. The van der Waals surface area contributed by atoms with E-state index < -0.39 is 0 Å². The normalized spacial score (nSPS) is 14.9. The van der Waals surface area contributed by atoms with Gasteiger partial charge in [-0.05, 0) is 49.6 Å². The van der Waals surface area contributed by atoms with Crippen LogP contribution in [0.5, 0.6) is 0 Å². The van der Waals surface area contributed by atoms with Crippen molar-refractivity contribution >= 4 is 44.2 Å². The Morgan fingerprint density at radius 2 is 1.97 bits per heavy atom. The number of carbonyl (C=O) groups is 1. The fourth-order valence-electron chi connectivity index (χ4n) is 3.70. The molecule has 158 valence electrons. The first-order valence-corrected chi connectivity index (χ1v) is 11.5. The van der Waals surface area contributed by atoms with E-state index in [2.05, 4.69) is 30.9 Å². The van der Waals surface area contributed by atoms with Gasteiger partial charge in [0.05, 0.1) is 23.4 Å². The van der Waals surface area contributed by atoms with Crippen molar-refractivity contribution in [2.75, 3.05) is 44.3 Å². The first kappa shape index (κ1) is 21.2. The van der Waals surface area contributed by atoms with Crippen molar-refractivity contribution < 1.29 is 9.53 Å². The van der Waals surface area contributed by atoms with Crippen LogP contribution in [-0.2, 0) is 4.74 Å². The van der Waals surface area contributed by atoms with E-state index in [1.807, 2.05) is 17.0 Å². The fraction of sp³-hybridized carbons (Fsp3) is 0.391. The van der Waals surface area contributed by atoms with Crippen LogP contribution in [0.3, 0.4) is 0 Å². The van der Waals surface area contributed by atoms with Gasteiger partial charge in [-0.2, -0.15) is 0 Å². The molecule has 0 spiro atoms. The molecule has 1 amide bonds. The van der Waals surface area contributed by atoms with E-state index in [9.17, 15) is 4.79 Å². The van der Waals surface area contributed by atoms with Crippen molar-refractivity contribution in [2.24, 2.45) is 0 Å². The van der Waals surface area contributed by atoms with Gasteiger partial charge in [0, 0.05) is 36.8 Å². The van der Waals surface area contributed by atoms with Gasteiger partial charge in [-0.3, -0.25) is 14.6 Å². The van der Waals surface area contributed by atoms with Gasteiger partial charge >= 0.3 is 0 Å². The van der Waals surface area contributed by atoms with Gasteiger partial charge in [-0.15, -0.1) is 0 Å². The monoisotopic (exact) mass is 443 g/mol. The second-order valence-electron chi connectivity index (χ2n) is 7.65. The molecular weight excluding hydrogens is 418 g/mol. The minimum atomic E-state index is -0.0613. The molecular formula is C23H26ClN3O2S. The predicted molar refractivity (Wildman–Crippen MR) is 124 cm³/mol. The van der Waals surface area contributed by atoms with Crippen LogP contribution in [0.4, 0.5) is 5.13 Å². The summed E-state index contributed by atoms with van der Waals surface area (Å²) in [6.45, 7) is 9.15. The Labute approximate surface area is 186 Å². The number of hydrogen-bond acceptors (Lipinski definition) is 5. The summed E-state index contributed by atoms with van der Waals surface area (Å²) in [7, 11) is 0. The number of nitrogens with zero attached hydrogens (tertiary/aromatic N) is 3. The van der Waals surface area contributed by atoms with Crippen LogP contribution in [0.2, 0.25) is 5.02 Å². The van der Waals surface area contributed by atoms with Crippen molar-refractivity contribution in [3.05, 3.63) is 58.1 Å². The predicted octanol–water partition coefficient (Wildman–Crippen LogP) is 4.94. The highest BCUT2D eigenvalue weighted by molar-refractivity contribution is 7.22. The number of aryl methyl sites for hydroxylation is 2. The van der Waals surface area contributed by atoms with Gasteiger partial charge in [0.25, 0.3) is 5.91 Å². The number of morpholine rings is 1. The van der Waals surface area contributed by atoms with Crippen LogP contribution < -0.4 is 4.90 Å². The van der Waals surface area contributed by atoms with Crippen LogP contribution in [0.1, 0.15) is 27.9 Å². The molecule has 2 aromatic carbocycles. The molecule has 0 bridgehead atoms. The molecule has 2 heterocycles. The molecule has 4 rings (SSSR count). The molecule has 0 radical (unpaired) electrons. The summed E-state index contributed by atoms with van der Waals surface area (Å²) in [6, 6.07) is 11.3. The highest BCUT2D eigenvalue weighted by Crippen LogP contribution is 2.34. The third kappa shape index (κ3) is 4.67. The summed E-state index contributed by atoms with van der Waals surface area (Å²) in [5.74, 6) is -0.0613. The summed E-state index contributed by atoms with van der Waals surface area (Å²) >= 11 is 7.74. The average Bonchev–Trinajstić information content (AvgIpc) is 3.21. The minimum absolute atomic E-state index is 0.0613. The van der Waals surface area contributed by atoms with Crippen molar-refractivity contribution in [1.29, 1.82) is 0 Å². The Morgan fingerprint density at radius 3 is 2.70 bits per heavy atom.